The Morgan fingerprint density at radius 2 is 1.70 bits per heavy atom. The highest BCUT2D eigenvalue weighted by Crippen LogP contribution is 2.29. The summed E-state index contributed by atoms with van der Waals surface area (Å²) < 4.78 is 36.0. The van der Waals surface area contributed by atoms with Crippen molar-refractivity contribution in [1.29, 1.82) is 0 Å². The van der Waals surface area contributed by atoms with Gasteiger partial charge in [-0.1, -0.05) is 29.8 Å². The average molecular weight is 465 g/mol. The van der Waals surface area contributed by atoms with Gasteiger partial charge in [0, 0.05) is 31.2 Å². The summed E-state index contributed by atoms with van der Waals surface area (Å²) in [6, 6.07) is 12.2. The van der Waals surface area contributed by atoms with Crippen LogP contribution in [0.4, 0.5) is 0 Å². The first-order chi connectivity index (χ1) is 14.2. The van der Waals surface area contributed by atoms with E-state index in [1.807, 2.05) is 26.0 Å². The van der Waals surface area contributed by atoms with Gasteiger partial charge in [-0.2, -0.15) is 13.1 Å². The third kappa shape index (κ3) is 3.71. The number of carbonyl (C=O) groups excluding carboxylic acids is 1. The number of hydrogen-bond donors (Lipinski definition) is 0. The Morgan fingerprint density at radius 3 is 2.37 bits per heavy atom. The van der Waals surface area contributed by atoms with Crippen LogP contribution < -0.4 is 0 Å². The Bertz CT molecular complexity index is 1180. The van der Waals surface area contributed by atoms with Crippen molar-refractivity contribution in [2.75, 3.05) is 26.2 Å². The van der Waals surface area contributed by atoms with Crippen molar-refractivity contribution < 1.29 is 13.2 Å². The molecule has 1 aliphatic rings. The lowest BCUT2D eigenvalue weighted by atomic mass is 9.83. The number of nitrogens with zero attached hydrogens (tertiary/aromatic N) is 4. The average Bonchev–Trinajstić information content (AvgIpc) is 3.22. The fraction of sp³-hybridized carbons (Fsp3) is 0.350. The molecule has 0 atom stereocenters. The molecule has 0 N–H and O–H groups in total. The van der Waals surface area contributed by atoms with Crippen LogP contribution in [0, 0.1) is 0 Å². The predicted octanol–water partition coefficient (Wildman–Crippen LogP) is 3.16. The molecule has 30 heavy (non-hydrogen) atoms. The van der Waals surface area contributed by atoms with Gasteiger partial charge in [0.1, 0.15) is 15.9 Å². The monoisotopic (exact) mass is 464 g/mol. The first-order valence-corrected chi connectivity index (χ1v) is 12.0. The molecule has 158 valence electrons. The molecule has 0 spiro atoms. The Balaban J connectivity index is 1.50. The molecule has 1 aromatic heterocycles. The summed E-state index contributed by atoms with van der Waals surface area (Å²) in [6.07, 6.45) is 0. The quantitative estimate of drug-likeness (QED) is 0.592. The lowest BCUT2D eigenvalue weighted by Gasteiger charge is -2.38. The van der Waals surface area contributed by atoms with Gasteiger partial charge in [-0.3, -0.25) is 4.79 Å². The molecule has 1 amide bonds. The van der Waals surface area contributed by atoms with Crippen LogP contribution >= 0.6 is 23.3 Å². The standard InChI is InChI=1S/C20H21ClN4O3S2/c1-20(2,14-6-8-15(21)9-7-14)19(26)24-10-12-25(13-11-24)30(27,28)17-5-3-4-16-18(17)23-29-22-16/h3-9H,10-13H2,1-2H3. The van der Waals surface area contributed by atoms with Gasteiger partial charge in [0.25, 0.3) is 0 Å². The summed E-state index contributed by atoms with van der Waals surface area (Å²) >= 11 is 6.95. The van der Waals surface area contributed by atoms with E-state index in [9.17, 15) is 13.2 Å². The first kappa shape index (κ1) is 21.2. The van der Waals surface area contributed by atoms with Crippen molar-refractivity contribution in [2.45, 2.75) is 24.2 Å². The van der Waals surface area contributed by atoms with E-state index < -0.39 is 15.4 Å². The zero-order valence-corrected chi connectivity index (χ0v) is 19.0. The van der Waals surface area contributed by atoms with E-state index in [4.69, 9.17) is 11.6 Å². The van der Waals surface area contributed by atoms with Crippen molar-refractivity contribution in [2.24, 2.45) is 0 Å². The lowest BCUT2D eigenvalue weighted by Crippen LogP contribution is -2.54. The number of hydrogen-bond acceptors (Lipinski definition) is 6. The summed E-state index contributed by atoms with van der Waals surface area (Å²) in [5.74, 6) is -0.0346. The van der Waals surface area contributed by atoms with E-state index in [0.29, 0.717) is 29.1 Å². The Labute approximate surface area is 184 Å². The summed E-state index contributed by atoms with van der Waals surface area (Å²) in [5, 5.41) is 0.617. The minimum absolute atomic E-state index is 0.0346. The van der Waals surface area contributed by atoms with E-state index in [2.05, 4.69) is 8.75 Å². The smallest absolute Gasteiger partial charge is 0.245 e. The zero-order chi connectivity index (χ0) is 21.5. The topological polar surface area (TPSA) is 83.5 Å². The summed E-state index contributed by atoms with van der Waals surface area (Å²) in [4.78, 5) is 15.1. The molecular weight excluding hydrogens is 444 g/mol. The van der Waals surface area contributed by atoms with Crippen LogP contribution in [0.15, 0.2) is 47.4 Å². The van der Waals surface area contributed by atoms with Crippen molar-refractivity contribution in [3.05, 3.63) is 53.1 Å². The SMILES string of the molecule is CC(C)(C(=O)N1CCN(S(=O)(=O)c2cccc3nsnc23)CC1)c1ccc(Cl)cc1. The van der Waals surface area contributed by atoms with Crippen LogP contribution in [0.3, 0.4) is 0 Å². The summed E-state index contributed by atoms with van der Waals surface area (Å²) in [5.41, 5.74) is 1.10. The lowest BCUT2D eigenvalue weighted by molar-refractivity contribution is -0.137. The van der Waals surface area contributed by atoms with Crippen LogP contribution in [-0.2, 0) is 20.2 Å². The van der Waals surface area contributed by atoms with Crippen molar-refractivity contribution in [3.8, 4) is 0 Å². The molecule has 0 aliphatic carbocycles. The number of halogens is 1. The maximum Gasteiger partial charge on any atom is 0.245 e. The highest BCUT2D eigenvalue weighted by Gasteiger charge is 2.37. The maximum atomic E-state index is 13.2. The number of aromatic nitrogens is 2. The largest absolute Gasteiger partial charge is 0.339 e. The molecule has 7 nitrogen and oxygen atoms in total. The molecule has 0 radical (unpaired) electrons. The molecule has 1 saturated heterocycles. The highest BCUT2D eigenvalue weighted by atomic mass is 35.5. The highest BCUT2D eigenvalue weighted by molar-refractivity contribution is 7.89. The number of rotatable bonds is 4. The molecule has 3 aromatic rings. The second-order valence-electron chi connectivity index (χ2n) is 7.72. The second kappa shape index (κ2) is 7.88. The molecule has 0 unspecified atom stereocenters. The minimum atomic E-state index is -3.72. The molecule has 1 fully saturated rings. The molecule has 0 saturated carbocycles. The van der Waals surface area contributed by atoms with Crippen LogP contribution in [0.5, 0.6) is 0 Å². The molecule has 0 bridgehead atoms. The zero-order valence-electron chi connectivity index (χ0n) is 16.6. The minimum Gasteiger partial charge on any atom is -0.339 e. The van der Waals surface area contributed by atoms with Gasteiger partial charge in [-0.15, -0.1) is 0 Å². The van der Waals surface area contributed by atoms with Gasteiger partial charge in [0.15, 0.2) is 0 Å². The summed E-state index contributed by atoms with van der Waals surface area (Å²) in [6.45, 7) is 4.88. The van der Waals surface area contributed by atoms with Gasteiger partial charge in [0.2, 0.25) is 15.9 Å². The van der Waals surface area contributed by atoms with E-state index in [1.54, 1.807) is 35.2 Å². The Hall–Kier alpha value is -2.07. The molecule has 2 heterocycles. The Morgan fingerprint density at radius 1 is 1.03 bits per heavy atom. The molecule has 10 heteroatoms. The first-order valence-electron chi connectivity index (χ1n) is 9.48. The Kier molecular flexibility index (Phi) is 5.56. The van der Waals surface area contributed by atoms with Gasteiger partial charge in [-0.25, -0.2) is 8.42 Å². The van der Waals surface area contributed by atoms with E-state index in [0.717, 1.165) is 17.3 Å². The second-order valence-corrected chi connectivity index (χ2v) is 10.6. The van der Waals surface area contributed by atoms with Gasteiger partial charge < -0.3 is 4.90 Å². The third-order valence-electron chi connectivity index (χ3n) is 5.49. The number of fused-ring (bicyclic) bond motifs is 1. The van der Waals surface area contributed by atoms with Gasteiger partial charge in [-0.05, 0) is 43.7 Å². The fourth-order valence-electron chi connectivity index (χ4n) is 3.65. The number of amides is 1. The van der Waals surface area contributed by atoms with Gasteiger partial charge in [0.05, 0.1) is 17.1 Å². The number of carbonyl (C=O) groups is 1. The van der Waals surface area contributed by atoms with Crippen molar-refractivity contribution in [3.63, 3.8) is 0 Å². The molecular formula is C20H21ClN4O3S2. The predicted molar refractivity (Wildman–Crippen MR) is 117 cm³/mol. The van der Waals surface area contributed by atoms with Crippen LogP contribution in [-0.4, -0.2) is 58.5 Å². The molecule has 2 aromatic carbocycles. The van der Waals surface area contributed by atoms with Crippen molar-refractivity contribution >= 4 is 50.3 Å². The maximum absolute atomic E-state index is 13.2. The fourth-order valence-corrected chi connectivity index (χ4v) is 5.95. The number of sulfonamides is 1. The summed E-state index contributed by atoms with van der Waals surface area (Å²) in [7, 11) is -3.72. The van der Waals surface area contributed by atoms with Crippen LogP contribution in [0.1, 0.15) is 19.4 Å². The van der Waals surface area contributed by atoms with E-state index in [-0.39, 0.29) is 23.9 Å². The van der Waals surface area contributed by atoms with Crippen LogP contribution in [0.25, 0.3) is 11.0 Å². The van der Waals surface area contributed by atoms with E-state index >= 15 is 0 Å². The molecule has 4 rings (SSSR count). The van der Waals surface area contributed by atoms with Crippen molar-refractivity contribution in [1.82, 2.24) is 18.0 Å². The van der Waals surface area contributed by atoms with E-state index in [1.165, 1.54) is 4.31 Å². The number of benzene rings is 2. The third-order valence-corrected chi connectivity index (χ3v) is 8.22. The normalized spacial score (nSPS) is 16.2. The molecule has 1 aliphatic heterocycles. The number of piperazine rings is 1. The van der Waals surface area contributed by atoms with Crippen LogP contribution in [0.2, 0.25) is 5.02 Å². The van der Waals surface area contributed by atoms with Gasteiger partial charge >= 0.3 is 0 Å².